The van der Waals surface area contributed by atoms with Gasteiger partial charge in [-0.25, -0.2) is 0 Å². The van der Waals surface area contributed by atoms with E-state index in [4.69, 9.17) is 4.74 Å². The normalized spacial score (nSPS) is 23.8. The van der Waals surface area contributed by atoms with Crippen LogP contribution in [0.25, 0.3) is 0 Å². The molecule has 0 aromatic rings. The highest BCUT2D eigenvalue weighted by atomic mass is 16.5. The van der Waals surface area contributed by atoms with Gasteiger partial charge in [-0.15, -0.1) is 0 Å². The van der Waals surface area contributed by atoms with Gasteiger partial charge >= 0.3 is 0 Å². The summed E-state index contributed by atoms with van der Waals surface area (Å²) in [5.74, 6) is 0.911. The van der Waals surface area contributed by atoms with E-state index in [0.29, 0.717) is 0 Å². The van der Waals surface area contributed by atoms with E-state index in [0.717, 1.165) is 38.5 Å². The average molecular weight is 168 g/mol. The van der Waals surface area contributed by atoms with Crippen LogP contribution < -0.4 is 5.43 Å². The molecule has 1 N–H and O–H groups in total. The van der Waals surface area contributed by atoms with Crippen LogP contribution in [-0.4, -0.2) is 25.5 Å². The maximum Gasteiger partial charge on any atom is 0.0519 e. The summed E-state index contributed by atoms with van der Waals surface area (Å²) in [6.07, 6.45) is 4.80. The molecule has 1 saturated heterocycles. The molecular formula is C9H16N2O. The van der Waals surface area contributed by atoms with Crippen molar-refractivity contribution in [3.63, 3.8) is 0 Å². The van der Waals surface area contributed by atoms with Crippen molar-refractivity contribution >= 4 is 5.71 Å². The molecule has 1 aliphatic carbocycles. The fourth-order valence-corrected chi connectivity index (χ4v) is 1.33. The summed E-state index contributed by atoms with van der Waals surface area (Å²) < 4.78 is 5.23. The van der Waals surface area contributed by atoms with Crippen LogP contribution in [0.2, 0.25) is 0 Å². The largest absolute Gasteiger partial charge is 0.381 e. The molecular weight excluding hydrogens is 152 g/mol. The first-order valence-electron chi connectivity index (χ1n) is 4.81. The molecule has 3 heteroatoms. The van der Waals surface area contributed by atoms with Crippen LogP contribution in [0.1, 0.15) is 25.7 Å². The number of nitrogens with zero attached hydrogens (tertiary/aromatic N) is 1. The summed E-state index contributed by atoms with van der Waals surface area (Å²) in [7, 11) is 0. The van der Waals surface area contributed by atoms with Gasteiger partial charge in [-0.3, -0.25) is 0 Å². The van der Waals surface area contributed by atoms with Gasteiger partial charge in [-0.1, -0.05) is 0 Å². The first-order chi connectivity index (χ1) is 5.95. The highest BCUT2D eigenvalue weighted by Gasteiger charge is 2.20. The maximum absolute atomic E-state index is 5.23. The predicted molar refractivity (Wildman–Crippen MR) is 48.2 cm³/mol. The first-order valence-corrected chi connectivity index (χ1v) is 4.81. The van der Waals surface area contributed by atoms with Crippen molar-refractivity contribution < 1.29 is 4.74 Å². The monoisotopic (exact) mass is 168 g/mol. The Kier molecular flexibility index (Phi) is 2.61. The third-order valence-corrected chi connectivity index (χ3v) is 2.38. The Morgan fingerprint density at radius 3 is 2.75 bits per heavy atom. The minimum Gasteiger partial charge on any atom is -0.381 e. The lowest BCUT2D eigenvalue weighted by Crippen LogP contribution is -2.19. The number of nitrogens with one attached hydrogen (secondary N) is 1. The number of rotatable bonds is 3. The maximum atomic E-state index is 5.23. The van der Waals surface area contributed by atoms with E-state index in [1.54, 1.807) is 0 Å². The third-order valence-electron chi connectivity index (χ3n) is 2.38. The van der Waals surface area contributed by atoms with E-state index in [9.17, 15) is 0 Å². The lowest BCUT2D eigenvalue weighted by Gasteiger charge is -2.13. The number of hydrazone groups is 1. The summed E-state index contributed by atoms with van der Waals surface area (Å²) in [5, 5.41) is 4.35. The van der Waals surface area contributed by atoms with Gasteiger partial charge in [0.05, 0.1) is 13.2 Å². The number of hydrogen-bond acceptors (Lipinski definition) is 3. The van der Waals surface area contributed by atoms with Crippen LogP contribution in [0.15, 0.2) is 5.10 Å². The Balaban J connectivity index is 1.65. The zero-order valence-corrected chi connectivity index (χ0v) is 7.38. The Bertz CT molecular complexity index is 167. The van der Waals surface area contributed by atoms with Crippen molar-refractivity contribution in [3.05, 3.63) is 0 Å². The summed E-state index contributed by atoms with van der Waals surface area (Å²) in [4.78, 5) is 0. The second-order valence-corrected chi connectivity index (χ2v) is 3.60. The van der Waals surface area contributed by atoms with Crippen molar-refractivity contribution in [3.8, 4) is 0 Å². The number of ether oxygens (including phenoxy) is 1. The van der Waals surface area contributed by atoms with Gasteiger partial charge < -0.3 is 10.2 Å². The zero-order chi connectivity index (χ0) is 8.23. The summed E-state index contributed by atoms with van der Waals surface area (Å²) >= 11 is 0. The zero-order valence-electron chi connectivity index (χ0n) is 7.38. The molecule has 0 unspecified atom stereocenters. The molecule has 2 fully saturated rings. The molecule has 1 saturated carbocycles. The molecule has 2 rings (SSSR count). The Morgan fingerprint density at radius 2 is 2.08 bits per heavy atom. The first kappa shape index (κ1) is 8.05. The van der Waals surface area contributed by atoms with Gasteiger partial charge in [0.2, 0.25) is 0 Å². The third kappa shape index (κ3) is 2.48. The van der Waals surface area contributed by atoms with Crippen LogP contribution in [0, 0.1) is 5.92 Å². The van der Waals surface area contributed by atoms with Crippen molar-refractivity contribution in [2.45, 2.75) is 25.7 Å². The standard InChI is InChI=1S/C9H16N2O/c1-2-8(1)7-10-11-9-3-5-12-6-4-9/h8,10H,1-7H2. The highest BCUT2D eigenvalue weighted by molar-refractivity contribution is 5.84. The average Bonchev–Trinajstić information content (AvgIpc) is 2.90. The Morgan fingerprint density at radius 1 is 1.33 bits per heavy atom. The molecule has 0 amide bonds. The summed E-state index contributed by atoms with van der Waals surface area (Å²) in [6, 6.07) is 0. The fraction of sp³-hybridized carbons (Fsp3) is 0.889. The van der Waals surface area contributed by atoms with Crippen molar-refractivity contribution in [1.82, 2.24) is 5.43 Å². The highest BCUT2D eigenvalue weighted by Crippen LogP contribution is 2.27. The second-order valence-electron chi connectivity index (χ2n) is 3.60. The van der Waals surface area contributed by atoms with Gasteiger partial charge in [0.25, 0.3) is 0 Å². The molecule has 3 nitrogen and oxygen atoms in total. The Labute approximate surface area is 73.2 Å². The molecule has 68 valence electrons. The molecule has 2 aliphatic rings. The molecule has 0 radical (unpaired) electrons. The predicted octanol–water partition coefficient (Wildman–Crippen LogP) is 1.15. The molecule has 1 aliphatic heterocycles. The molecule has 0 bridgehead atoms. The van der Waals surface area contributed by atoms with E-state index in [1.807, 2.05) is 0 Å². The molecule has 1 heterocycles. The van der Waals surface area contributed by atoms with Gasteiger partial charge in [-0.05, 0) is 18.8 Å². The lowest BCUT2D eigenvalue weighted by molar-refractivity contribution is 0.134. The van der Waals surface area contributed by atoms with Crippen molar-refractivity contribution in [2.24, 2.45) is 11.0 Å². The van der Waals surface area contributed by atoms with Crippen LogP contribution in [0.5, 0.6) is 0 Å². The number of hydrogen-bond donors (Lipinski definition) is 1. The minimum atomic E-state index is 0.851. The van der Waals surface area contributed by atoms with E-state index in [2.05, 4.69) is 10.5 Å². The Hall–Kier alpha value is -0.570. The van der Waals surface area contributed by atoms with Gasteiger partial charge in [-0.2, -0.15) is 5.10 Å². The molecule has 0 aromatic heterocycles. The van der Waals surface area contributed by atoms with E-state index in [1.165, 1.54) is 18.6 Å². The topological polar surface area (TPSA) is 33.6 Å². The minimum absolute atomic E-state index is 0.851. The van der Waals surface area contributed by atoms with Gasteiger partial charge in [0.15, 0.2) is 0 Å². The van der Waals surface area contributed by atoms with Crippen LogP contribution >= 0.6 is 0 Å². The summed E-state index contributed by atoms with van der Waals surface area (Å²) in [5.41, 5.74) is 4.43. The van der Waals surface area contributed by atoms with E-state index >= 15 is 0 Å². The molecule has 0 atom stereocenters. The van der Waals surface area contributed by atoms with Crippen LogP contribution in [-0.2, 0) is 4.74 Å². The van der Waals surface area contributed by atoms with Crippen molar-refractivity contribution in [2.75, 3.05) is 19.8 Å². The quantitative estimate of drug-likeness (QED) is 0.641. The smallest absolute Gasteiger partial charge is 0.0519 e. The van der Waals surface area contributed by atoms with Crippen LogP contribution in [0.3, 0.4) is 0 Å². The summed E-state index contributed by atoms with van der Waals surface area (Å²) in [6.45, 7) is 2.78. The van der Waals surface area contributed by atoms with Crippen molar-refractivity contribution in [1.29, 1.82) is 0 Å². The molecule has 0 spiro atoms. The fourth-order valence-electron chi connectivity index (χ4n) is 1.33. The second kappa shape index (κ2) is 3.90. The van der Waals surface area contributed by atoms with Gasteiger partial charge in [0.1, 0.15) is 0 Å². The van der Waals surface area contributed by atoms with Crippen LogP contribution in [0.4, 0.5) is 0 Å². The lowest BCUT2D eigenvalue weighted by atomic mass is 10.2. The van der Waals surface area contributed by atoms with E-state index < -0.39 is 0 Å². The van der Waals surface area contributed by atoms with E-state index in [-0.39, 0.29) is 0 Å². The molecule has 0 aromatic carbocycles. The SMILES string of the molecule is C1CC(=NNCC2CC2)CCO1. The molecule has 12 heavy (non-hydrogen) atoms. The van der Waals surface area contributed by atoms with Gasteiger partial charge in [0, 0.05) is 25.1 Å².